The van der Waals surface area contributed by atoms with E-state index in [1.165, 1.54) is 29.2 Å². The molecule has 134 valence electrons. The number of benzene rings is 2. The standard InChI is InChI=1S/C17H13ClFN3O4/c18-12-5-3-10(8-14(12)21-7-1-2-16(21)23)17(24)20-11-4-6-13(19)15(9-11)22(25)26/h3-6,8-9H,1-2,7H2,(H,20,24). The molecule has 26 heavy (non-hydrogen) atoms. The number of nitro benzene ring substituents is 1. The summed E-state index contributed by atoms with van der Waals surface area (Å²) in [4.78, 5) is 35.8. The van der Waals surface area contributed by atoms with Gasteiger partial charge >= 0.3 is 5.69 Å². The van der Waals surface area contributed by atoms with Gasteiger partial charge < -0.3 is 10.2 Å². The van der Waals surface area contributed by atoms with Crippen LogP contribution in [0.4, 0.5) is 21.5 Å². The highest BCUT2D eigenvalue weighted by Crippen LogP contribution is 2.31. The Hall–Kier alpha value is -3.00. The van der Waals surface area contributed by atoms with Crippen LogP contribution in [0, 0.1) is 15.9 Å². The smallest absolute Gasteiger partial charge is 0.306 e. The summed E-state index contributed by atoms with van der Waals surface area (Å²) in [7, 11) is 0. The summed E-state index contributed by atoms with van der Waals surface area (Å²) in [5.41, 5.74) is 0.00193. The molecule has 3 rings (SSSR count). The Bertz CT molecular complexity index is 919. The molecule has 0 aromatic heterocycles. The van der Waals surface area contributed by atoms with Crippen LogP contribution in [0.15, 0.2) is 36.4 Å². The lowest BCUT2D eigenvalue weighted by Gasteiger charge is -2.18. The lowest BCUT2D eigenvalue weighted by Crippen LogP contribution is -2.24. The number of hydrogen-bond donors (Lipinski definition) is 1. The maximum atomic E-state index is 13.4. The lowest BCUT2D eigenvalue weighted by molar-refractivity contribution is -0.387. The maximum Gasteiger partial charge on any atom is 0.306 e. The quantitative estimate of drug-likeness (QED) is 0.648. The summed E-state index contributed by atoms with van der Waals surface area (Å²) >= 11 is 6.14. The van der Waals surface area contributed by atoms with Crippen LogP contribution in [0.25, 0.3) is 0 Å². The van der Waals surface area contributed by atoms with Gasteiger partial charge in [0.2, 0.25) is 11.7 Å². The molecule has 2 aromatic rings. The molecule has 0 unspecified atom stereocenters. The Balaban J connectivity index is 1.86. The van der Waals surface area contributed by atoms with Gasteiger partial charge in [0.25, 0.3) is 5.91 Å². The van der Waals surface area contributed by atoms with Crippen molar-refractivity contribution in [3.63, 3.8) is 0 Å². The van der Waals surface area contributed by atoms with E-state index in [2.05, 4.69) is 5.32 Å². The van der Waals surface area contributed by atoms with E-state index in [1.54, 1.807) is 0 Å². The number of nitrogens with zero attached hydrogens (tertiary/aromatic N) is 2. The minimum absolute atomic E-state index is 0.0707. The van der Waals surface area contributed by atoms with E-state index < -0.39 is 22.3 Å². The molecular weight excluding hydrogens is 365 g/mol. The van der Waals surface area contributed by atoms with Crippen LogP contribution in [-0.4, -0.2) is 23.3 Å². The molecule has 1 saturated heterocycles. The van der Waals surface area contributed by atoms with Gasteiger partial charge in [-0.05, 0) is 36.8 Å². The molecule has 0 radical (unpaired) electrons. The van der Waals surface area contributed by atoms with Crippen molar-refractivity contribution >= 4 is 40.5 Å². The van der Waals surface area contributed by atoms with Crippen LogP contribution < -0.4 is 10.2 Å². The molecule has 2 amide bonds. The summed E-state index contributed by atoms with van der Waals surface area (Å²) < 4.78 is 13.4. The number of anilines is 2. The normalized spacial score (nSPS) is 13.8. The highest BCUT2D eigenvalue weighted by atomic mass is 35.5. The number of carbonyl (C=O) groups excluding carboxylic acids is 2. The average molecular weight is 378 g/mol. The van der Waals surface area contributed by atoms with Gasteiger partial charge in [-0.15, -0.1) is 0 Å². The van der Waals surface area contributed by atoms with Crippen LogP contribution in [0.1, 0.15) is 23.2 Å². The van der Waals surface area contributed by atoms with Crippen molar-refractivity contribution in [1.29, 1.82) is 0 Å². The molecule has 1 N–H and O–H groups in total. The first-order valence-corrected chi connectivity index (χ1v) is 8.10. The van der Waals surface area contributed by atoms with E-state index in [4.69, 9.17) is 11.6 Å². The molecule has 0 atom stereocenters. The van der Waals surface area contributed by atoms with Crippen LogP contribution in [0.2, 0.25) is 5.02 Å². The zero-order valence-corrected chi connectivity index (χ0v) is 14.1. The van der Waals surface area contributed by atoms with Crippen molar-refractivity contribution in [3.8, 4) is 0 Å². The van der Waals surface area contributed by atoms with Gasteiger partial charge in [-0.1, -0.05) is 11.6 Å². The molecule has 1 aliphatic rings. The van der Waals surface area contributed by atoms with Gasteiger partial charge in [0.15, 0.2) is 0 Å². The Morgan fingerprint density at radius 3 is 2.69 bits per heavy atom. The number of carbonyl (C=O) groups is 2. The van der Waals surface area contributed by atoms with Gasteiger partial charge in [-0.3, -0.25) is 19.7 Å². The van der Waals surface area contributed by atoms with E-state index in [9.17, 15) is 24.1 Å². The van der Waals surface area contributed by atoms with Crippen molar-refractivity contribution in [1.82, 2.24) is 0 Å². The molecule has 2 aromatic carbocycles. The van der Waals surface area contributed by atoms with E-state index in [-0.39, 0.29) is 17.2 Å². The summed E-state index contributed by atoms with van der Waals surface area (Å²) in [6, 6.07) is 7.53. The predicted octanol–water partition coefficient (Wildman–Crippen LogP) is 3.77. The van der Waals surface area contributed by atoms with Gasteiger partial charge in [0.1, 0.15) is 0 Å². The van der Waals surface area contributed by atoms with Gasteiger partial charge in [0, 0.05) is 30.3 Å². The molecule has 1 aliphatic heterocycles. The second kappa shape index (κ2) is 7.09. The molecule has 9 heteroatoms. The van der Waals surface area contributed by atoms with Crippen molar-refractivity contribution in [2.75, 3.05) is 16.8 Å². The van der Waals surface area contributed by atoms with Gasteiger partial charge in [-0.2, -0.15) is 4.39 Å². The molecule has 1 fully saturated rings. The Labute approximate surface area is 152 Å². The van der Waals surface area contributed by atoms with Crippen molar-refractivity contribution in [2.45, 2.75) is 12.8 Å². The largest absolute Gasteiger partial charge is 0.322 e. The fraction of sp³-hybridized carbons (Fsp3) is 0.176. The fourth-order valence-corrected chi connectivity index (χ4v) is 2.92. The van der Waals surface area contributed by atoms with E-state index in [0.717, 1.165) is 12.1 Å². The second-order valence-corrected chi connectivity index (χ2v) is 6.10. The summed E-state index contributed by atoms with van der Waals surface area (Å²) in [6.07, 6.45) is 1.14. The summed E-state index contributed by atoms with van der Waals surface area (Å²) in [5, 5.41) is 13.6. The number of hydrogen-bond acceptors (Lipinski definition) is 4. The number of halogens is 2. The van der Waals surface area contributed by atoms with Crippen LogP contribution in [-0.2, 0) is 4.79 Å². The molecule has 1 heterocycles. The third-order valence-electron chi connectivity index (χ3n) is 3.97. The first-order valence-electron chi connectivity index (χ1n) is 7.72. The first-order chi connectivity index (χ1) is 12.4. The lowest BCUT2D eigenvalue weighted by atomic mass is 10.1. The molecule has 0 bridgehead atoms. The van der Waals surface area contributed by atoms with Crippen molar-refractivity contribution < 1.29 is 18.9 Å². The fourth-order valence-electron chi connectivity index (χ4n) is 2.70. The van der Waals surface area contributed by atoms with Crippen LogP contribution in [0.5, 0.6) is 0 Å². The maximum absolute atomic E-state index is 13.4. The summed E-state index contributed by atoms with van der Waals surface area (Å²) in [5.74, 6) is -1.62. The molecular formula is C17H13ClFN3O4. The Morgan fingerprint density at radius 1 is 1.27 bits per heavy atom. The SMILES string of the molecule is O=C(Nc1ccc(F)c([N+](=O)[O-])c1)c1ccc(Cl)c(N2CCCC2=O)c1. The van der Waals surface area contributed by atoms with Crippen LogP contribution >= 0.6 is 11.6 Å². The zero-order chi connectivity index (χ0) is 18.8. The second-order valence-electron chi connectivity index (χ2n) is 5.69. The predicted molar refractivity (Wildman–Crippen MR) is 94.0 cm³/mol. The van der Waals surface area contributed by atoms with E-state index in [1.807, 2.05) is 0 Å². The monoisotopic (exact) mass is 377 g/mol. The first kappa shape index (κ1) is 17.8. The average Bonchev–Trinajstić information content (AvgIpc) is 3.02. The van der Waals surface area contributed by atoms with Crippen molar-refractivity contribution in [2.24, 2.45) is 0 Å². The number of nitrogens with one attached hydrogen (secondary N) is 1. The summed E-state index contributed by atoms with van der Waals surface area (Å²) in [6.45, 7) is 0.522. The molecule has 7 nitrogen and oxygen atoms in total. The minimum atomic E-state index is -0.991. The third-order valence-corrected chi connectivity index (χ3v) is 4.29. The van der Waals surface area contributed by atoms with Crippen molar-refractivity contribution in [3.05, 3.63) is 62.9 Å². The topological polar surface area (TPSA) is 92.5 Å². The number of rotatable bonds is 4. The molecule has 0 aliphatic carbocycles. The third kappa shape index (κ3) is 3.50. The highest BCUT2D eigenvalue weighted by molar-refractivity contribution is 6.34. The Kier molecular flexibility index (Phi) is 4.85. The molecule has 0 saturated carbocycles. The number of amides is 2. The Morgan fingerprint density at radius 2 is 2.04 bits per heavy atom. The van der Waals surface area contributed by atoms with E-state index in [0.29, 0.717) is 30.1 Å². The molecule has 0 spiro atoms. The minimum Gasteiger partial charge on any atom is -0.322 e. The van der Waals surface area contributed by atoms with Gasteiger partial charge in [0.05, 0.1) is 15.6 Å². The highest BCUT2D eigenvalue weighted by Gasteiger charge is 2.24. The van der Waals surface area contributed by atoms with Gasteiger partial charge in [-0.25, -0.2) is 0 Å². The zero-order valence-electron chi connectivity index (χ0n) is 13.4. The number of nitro groups is 1. The van der Waals surface area contributed by atoms with Crippen LogP contribution in [0.3, 0.4) is 0 Å². The van der Waals surface area contributed by atoms with E-state index >= 15 is 0 Å².